The van der Waals surface area contributed by atoms with Crippen LogP contribution in [-0.4, -0.2) is 31.6 Å². The van der Waals surface area contributed by atoms with Crippen molar-refractivity contribution in [3.8, 4) is 17.1 Å². The van der Waals surface area contributed by atoms with E-state index in [1.165, 1.54) is 24.3 Å². The maximum Gasteiger partial charge on any atom is 0.338 e. The molecule has 4 aromatic rings. The number of para-hydroxylation sites is 1. The van der Waals surface area contributed by atoms with Gasteiger partial charge in [-0.1, -0.05) is 35.5 Å². The number of hydrogen-bond acceptors (Lipinski definition) is 8. The van der Waals surface area contributed by atoms with Crippen molar-refractivity contribution in [2.45, 2.75) is 11.5 Å². The van der Waals surface area contributed by atoms with Gasteiger partial charge in [0.1, 0.15) is 5.75 Å². The lowest BCUT2D eigenvalue weighted by molar-refractivity contribution is 0.0429. The van der Waals surface area contributed by atoms with E-state index >= 15 is 0 Å². The number of benzene rings is 3. The van der Waals surface area contributed by atoms with Crippen LogP contribution >= 0.6 is 0 Å². The highest BCUT2D eigenvalue weighted by atomic mass is 32.2. The Hall–Kier alpha value is -4.18. The predicted molar refractivity (Wildman–Crippen MR) is 119 cm³/mol. The van der Waals surface area contributed by atoms with E-state index in [0.29, 0.717) is 22.8 Å². The monoisotopic (exact) mass is 465 g/mol. The zero-order chi connectivity index (χ0) is 23.3. The van der Waals surface area contributed by atoms with Crippen LogP contribution in [0.3, 0.4) is 0 Å². The van der Waals surface area contributed by atoms with Crippen LogP contribution < -0.4 is 9.46 Å². The van der Waals surface area contributed by atoms with Crippen molar-refractivity contribution in [3.05, 3.63) is 90.3 Å². The number of rotatable bonds is 8. The standard InChI is InChI=1S/C23H19N3O6S/c1-30-19-9-5-6-17(14-19)22-24-21(32-25-22)15-31-23(27)16-10-12-20(13-11-16)33(28,29)26-18-7-3-2-4-8-18/h2-14,26H,15H2,1H3. The van der Waals surface area contributed by atoms with E-state index in [2.05, 4.69) is 14.9 Å². The Morgan fingerprint density at radius 1 is 1.00 bits per heavy atom. The minimum absolute atomic E-state index is 0.0164. The van der Waals surface area contributed by atoms with Crippen LogP contribution in [0.25, 0.3) is 11.4 Å². The first kappa shape index (κ1) is 22.0. The first-order chi connectivity index (χ1) is 15.9. The number of carbonyl (C=O) groups excluding carboxylic acids is 1. The highest BCUT2D eigenvalue weighted by Gasteiger charge is 2.17. The second-order valence-corrected chi connectivity index (χ2v) is 8.50. The number of sulfonamides is 1. The number of methoxy groups -OCH3 is 1. The first-order valence-electron chi connectivity index (χ1n) is 9.77. The molecule has 0 saturated carbocycles. The molecular formula is C23H19N3O6S. The number of aromatic nitrogens is 2. The van der Waals surface area contributed by atoms with Gasteiger partial charge in [0.15, 0.2) is 6.61 Å². The van der Waals surface area contributed by atoms with Gasteiger partial charge >= 0.3 is 5.97 Å². The van der Waals surface area contributed by atoms with Crippen molar-refractivity contribution < 1.29 is 27.2 Å². The molecule has 0 bridgehead atoms. The van der Waals surface area contributed by atoms with Gasteiger partial charge in [-0.25, -0.2) is 13.2 Å². The molecule has 0 radical (unpaired) electrons. The minimum atomic E-state index is -3.78. The third-order valence-electron chi connectivity index (χ3n) is 4.55. The van der Waals surface area contributed by atoms with Gasteiger partial charge in [-0.15, -0.1) is 0 Å². The van der Waals surface area contributed by atoms with E-state index in [4.69, 9.17) is 14.0 Å². The summed E-state index contributed by atoms with van der Waals surface area (Å²) >= 11 is 0. The van der Waals surface area contributed by atoms with E-state index in [1.807, 2.05) is 0 Å². The summed E-state index contributed by atoms with van der Waals surface area (Å²) in [5.41, 5.74) is 1.31. The molecule has 1 heterocycles. The molecular weight excluding hydrogens is 446 g/mol. The molecule has 4 rings (SSSR count). The van der Waals surface area contributed by atoms with Crippen molar-refractivity contribution >= 4 is 21.7 Å². The van der Waals surface area contributed by atoms with Crippen LogP contribution in [-0.2, 0) is 21.4 Å². The highest BCUT2D eigenvalue weighted by Crippen LogP contribution is 2.22. The second kappa shape index (κ2) is 9.53. The SMILES string of the molecule is COc1cccc(-c2noc(COC(=O)c3ccc(S(=O)(=O)Nc4ccccc4)cc3)n2)c1. The normalized spacial score (nSPS) is 11.1. The van der Waals surface area contributed by atoms with E-state index < -0.39 is 16.0 Å². The lowest BCUT2D eigenvalue weighted by Crippen LogP contribution is -2.13. The molecule has 3 aromatic carbocycles. The predicted octanol–water partition coefficient (Wildman–Crippen LogP) is 3.90. The summed E-state index contributed by atoms with van der Waals surface area (Å²) in [4.78, 5) is 16.6. The fraction of sp³-hybridized carbons (Fsp3) is 0.0870. The Bertz CT molecular complexity index is 1350. The Labute approximate surface area is 190 Å². The third-order valence-corrected chi connectivity index (χ3v) is 5.95. The van der Waals surface area contributed by atoms with Crippen molar-refractivity contribution in [2.75, 3.05) is 11.8 Å². The van der Waals surface area contributed by atoms with Crippen LogP contribution in [0.4, 0.5) is 5.69 Å². The van der Waals surface area contributed by atoms with Crippen LogP contribution in [0.1, 0.15) is 16.2 Å². The molecule has 0 aliphatic heterocycles. The third kappa shape index (κ3) is 5.36. The van der Waals surface area contributed by atoms with E-state index in [0.717, 1.165) is 0 Å². The molecule has 1 aromatic heterocycles. The van der Waals surface area contributed by atoms with Crippen molar-refractivity contribution in [3.63, 3.8) is 0 Å². The van der Waals surface area contributed by atoms with Crippen LogP contribution in [0.2, 0.25) is 0 Å². The van der Waals surface area contributed by atoms with Crippen LogP contribution in [0, 0.1) is 0 Å². The summed E-state index contributed by atoms with van der Waals surface area (Å²) in [6.07, 6.45) is 0. The smallest absolute Gasteiger partial charge is 0.338 e. The average molecular weight is 465 g/mol. The van der Waals surface area contributed by atoms with Gasteiger partial charge in [0.25, 0.3) is 15.9 Å². The Kier molecular flexibility index (Phi) is 6.36. The van der Waals surface area contributed by atoms with E-state index in [9.17, 15) is 13.2 Å². The molecule has 168 valence electrons. The van der Waals surface area contributed by atoms with Crippen molar-refractivity contribution in [1.82, 2.24) is 10.1 Å². The van der Waals surface area contributed by atoms with Crippen molar-refractivity contribution in [1.29, 1.82) is 0 Å². The van der Waals surface area contributed by atoms with Gasteiger partial charge in [-0.2, -0.15) is 4.98 Å². The number of nitrogens with zero attached hydrogens (tertiary/aromatic N) is 2. The highest BCUT2D eigenvalue weighted by molar-refractivity contribution is 7.92. The van der Waals surface area contributed by atoms with Crippen LogP contribution in [0.5, 0.6) is 5.75 Å². The lowest BCUT2D eigenvalue weighted by Gasteiger charge is -2.08. The summed E-state index contributed by atoms with van der Waals surface area (Å²) in [5.74, 6) is 0.443. The molecule has 0 amide bonds. The maximum atomic E-state index is 12.5. The molecule has 0 aliphatic rings. The number of ether oxygens (including phenoxy) is 2. The number of esters is 1. The Balaban J connectivity index is 1.38. The van der Waals surface area contributed by atoms with Gasteiger partial charge in [0.2, 0.25) is 5.82 Å². The molecule has 1 N–H and O–H groups in total. The lowest BCUT2D eigenvalue weighted by atomic mass is 10.2. The van der Waals surface area contributed by atoms with E-state index in [1.54, 1.807) is 61.7 Å². The Morgan fingerprint density at radius 3 is 2.48 bits per heavy atom. The van der Waals surface area contributed by atoms with Gasteiger partial charge in [0.05, 0.1) is 17.6 Å². The molecule has 0 aliphatic carbocycles. The molecule has 0 spiro atoms. The summed E-state index contributed by atoms with van der Waals surface area (Å²) in [7, 11) is -2.23. The zero-order valence-electron chi connectivity index (χ0n) is 17.5. The molecule has 10 heteroatoms. The summed E-state index contributed by atoms with van der Waals surface area (Å²) < 4.78 is 43.0. The van der Waals surface area contributed by atoms with Gasteiger partial charge in [-0.05, 0) is 48.5 Å². The van der Waals surface area contributed by atoms with Gasteiger partial charge < -0.3 is 14.0 Å². The topological polar surface area (TPSA) is 121 Å². The largest absolute Gasteiger partial charge is 0.497 e. The average Bonchev–Trinajstić information content (AvgIpc) is 3.32. The molecule has 9 nitrogen and oxygen atoms in total. The molecule has 0 saturated heterocycles. The minimum Gasteiger partial charge on any atom is -0.497 e. The summed E-state index contributed by atoms with van der Waals surface area (Å²) in [5, 5.41) is 3.88. The fourth-order valence-electron chi connectivity index (χ4n) is 2.89. The number of carbonyl (C=O) groups is 1. The van der Waals surface area contributed by atoms with Crippen LogP contribution in [0.15, 0.2) is 88.3 Å². The molecule has 0 atom stereocenters. The molecule has 33 heavy (non-hydrogen) atoms. The summed E-state index contributed by atoms with van der Waals surface area (Å²) in [6.45, 7) is -0.231. The quantitative estimate of drug-likeness (QED) is 0.389. The second-order valence-electron chi connectivity index (χ2n) is 6.82. The Morgan fingerprint density at radius 2 is 1.76 bits per heavy atom. The molecule has 0 unspecified atom stereocenters. The summed E-state index contributed by atoms with van der Waals surface area (Å²) in [6, 6.07) is 21.0. The molecule has 0 fully saturated rings. The van der Waals surface area contributed by atoms with Gasteiger partial charge in [0, 0.05) is 11.3 Å². The van der Waals surface area contributed by atoms with Crippen molar-refractivity contribution in [2.24, 2.45) is 0 Å². The zero-order valence-corrected chi connectivity index (χ0v) is 18.3. The first-order valence-corrected chi connectivity index (χ1v) is 11.2. The number of nitrogens with one attached hydrogen (secondary N) is 1. The van der Waals surface area contributed by atoms with E-state index in [-0.39, 0.29) is 23.0 Å². The maximum absolute atomic E-state index is 12.5. The number of anilines is 1. The van der Waals surface area contributed by atoms with Gasteiger partial charge in [-0.3, -0.25) is 4.72 Å². The fourth-order valence-corrected chi connectivity index (χ4v) is 3.95. The number of hydrogen-bond donors (Lipinski definition) is 1.